The number of rotatable bonds is 3. The Bertz CT molecular complexity index is 399. The lowest BCUT2D eigenvalue weighted by Gasteiger charge is -2.19. The van der Waals surface area contributed by atoms with Crippen molar-refractivity contribution < 1.29 is 4.92 Å². The van der Waals surface area contributed by atoms with Crippen molar-refractivity contribution in [1.29, 1.82) is 0 Å². The van der Waals surface area contributed by atoms with Crippen LogP contribution in [-0.2, 0) is 0 Å². The van der Waals surface area contributed by atoms with Crippen LogP contribution in [0.15, 0.2) is 18.2 Å². The van der Waals surface area contributed by atoms with Crippen LogP contribution >= 0.6 is 11.6 Å². The second-order valence-electron chi connectivity index (χ2n) is 4.83. The number of anilines is 1. The van der Waals surface area contributed by atoms with Gasteiger partial charge in [-0.3, -0.25) is 10.1 Å². The van der Waals surface area contributed by atoms with Crippen molar-refractivity contribution in [2.75, 3.05) is 11.9 Å². The van der Waals surface area contributed by atoms with Crippen molar-refractivity contribution in [1.82, 2.24) is 0 Å². The molecule has 0 heterocycles. The monoisotopic (exact) mass is 242 g/mol. The van der Waals surface area contributed by atoms with Crippen LogP contribution in [0.1, 0.15) is 20.8 Å². The maximum atomic E-state index is 10.8. The normalized spacial score (nSPS) is 11.2. The molecule has 0 bridgehead atoms. The molecule has 0 amide bonds. The summed E-state index contributed by atoms with van der Waals surface area (Å²) >= 11 is 5.72. The maximum Gasteiger partial charge on any atom is 0.293 e. The van der Waals surface area contributed by atoms with Crippen LogP contribution in [0.2, 0.25) is 5.02 Å². The Morgan fingerprint density at radius 3 is 2.56 bits per heavy atom. The van der Waals surface area contributed by atoms with Gasteiger partial charge in [-0.25, -0.2) is 0 Å². The number of nitrogens with zero attached hydrogens (tertiary/aromatic N) is 1. The summed E-state index contributed by atoms with van der Waals surface area (Å²) in [7, 11) is 0. The van der Waals surface area contributed by atoms with Crippen molar-refractivity contribution in [2.45, 2.75) is 20.8 Å². The molecule has 1 N–H and O–H groups in total. The Labute approximate surface area is 99.8 Å². The fraction of sp³-hybridized carbons (Fsp3) is 0.455. The molecule has 88 valence electrons. The van der Waals surface area contributed by atoms with Crippen LogP contribution in [0.4, 0.5) is 11.4 Å². The Morgan fingerprint density at radius 2 is 2.06 bits per heavy atom. The molecule has 4 nitrogen and oxygen atoms in total. The minimum absolute atomic E-state index is 0.0109. The molecule has 0 aliphatic heterocycles. The molecule has 0 saturated heterocycles. The fourth-order valence-electron chi connectivity index (χ4n) is 1.17. The number of nitrogens with one attached hydrogen (secondary N) is 1. The number of nitro groups is 1. The summed E-state index contributed by atoms with van der Waals surface area (Å²) in [6.45, 7) is 6.83. The molecule has 0 saturated carbocycles. The third-order valence-corrected chi connectivity index (χ3v) is 2.20. The number of benzene rings is 1. The second-order valence-corrected chi connectivity index (χ2v) is 5.27. The lowest BCUT2D eigenvalue weighted by atomic mass is 9.97. The van der Waals surface area contributed by atoms with E-state index in [4.69, 9.17) is 11.6 Å². The number of hydrogen-bond acceptors (Lipinski definition) is 3. The van der Waals surface area contributed by atoms with E-state index < -0.39 is 4.92 Å². The van der Waals surface area contributed by atoms with E-state index >= 15 is 0 Å². The number of hydrogen-bond donors (Lipinski definition) is 1. The quantitative estimate of drug-likeness (QED) is 0.649. The van der Waals surface area contributed by atoms with E-state index in [-0.39, 0.29) is 11.1 Å². The summed E-state index contributed by atoms with van der Waals surface area (Å²) in [4.78, 5) is 10.4. The smallest absolute Gasteiger partial charge is 0.293 e. The summed E-state index contributed by atoms with van der Waals surface area (Å²) < 4.78 is 0. The summed E-state index contributed by atoms with van der Waals surface area (Å²) in [5.74, 6) is 0. The predicted octanol–water partition coefficient (Wildman–Crippen LogP) is 3.71. The topological polar surface area (TPSA) is 55.2 Å². The summed E-state index contributed by atoms with van der Waals surface area (Å²) in [5.41, 5.74) is 0.578. The molecule has 16 heavy (non-hydrogen) atoms. The van der Waals surface area contributed by atoms with Crippen LogP contribution in [0.25, 0.3) is 0 Å². The first-order valence-electron chi connectivity index (χ1n) is 4.97. The zero-order valence-electron chi connectivity index (χ0n) is 9.58. The van der Waals surface area contributed by atoms with E-state index in [0.717, 1.165) is 0 Å². The average Bonchev–Trinajstić information content (AvgIpc) is 2.14. The van der Waals surface area contributed by atoms with E-state index in [1.165, 1.54) is 6.07 Å². The van der Waals surface area contributed by atoms with Crippen LogP contribution in [-0.4, -0.2) is 11.5 Å². The highest BCUT2D eigenvalue weighted by atomic mass is 35.5. The molecular formula is C11H15ClN2O2. The van der Waals surface area contributed by atoms with Crippen LogP contribution in [0, 0.1) is 15.5 Å². The van der Waals surface area contributed by atoms with Gasteiger partial charge in [0.2, 0.25) is 0 Å². The van der Waals surface area contributed by atoms with E-state index in [0.29, 0.717) is 17.3 Å². The molecule has 0 unspecified atom stereocenters. The first kappa shape index (κ1) is 12.8. The lowest BCUT2D eigenvalue weighted by molar-refractivity contribution is -0.383. The highest BCUT2D eigenvalue weighted by molar-refractivity contribution is 6.30. The van der Waals surface area contributed by atoms with Gasteiger partial charge in [0.1, 0.15) is 5.69 Å². The average molecular weight is 243 g/mol. The molecule has 5 heteroatoms. The van der Waals surface area contributed by atoms with Gasteiger partial charge in [-0.15, -0.1) is 0 Å². The molecule has 0 aliphatic carbocycles. The van der Waals surface area contributed by atoms with Gasteiger partial charge in [0, 0.05) is 17.6 Å². The molecule has 0 atom stereocenters. The number of halogens is 1. The standard InChI is InChI=1S/C11H15ClN2O2/c1-11(2,3)7-13-9-5-4-8(12)6-10(9)14(15)16/h4-6,13H,7H2,1-3H3. The first-order valence-corrected chi connectivity index (χ1v) is 5.35. The van der Waals surface area contributed by atoms with Crippen LogP contribution < -0.4 is 5.32 Å². The SMILES string of the molecule is CC(C)(C)CNc1ccc(Cl)cc1[N+](=O)[O-]. The Kier molecular flexibility index (Phi) is 3.75. The molecule has 1 aromatic rings. The first-order chi connectivity index (χ1) is 7.29. The molecule has 0 radical (unpaired) electrons. The van der Waals surface area contributed by atoms with Crippen molar-refractivity contribution >= 4 is 23.0 Å². The summed E-state index contributed by atoms with van der Waals surface area (Å²) in [5, 5.41) is 14.2. The number of nitro benzene ring substituents is 1. The molecule has 0 fully saturated rings. The van der Waals surface area contributed by atoms with E-state index in [2.05, 4.69) is 26.1 Å². The zero-order valence-corrected chi connectivity index (χ0v) is 10.3. The fourth-order valence-corrected chi connectivity index (χ4v) is 1.33. The molecule has 1 rings (SSSR count). The molecule has 0 aromatic heterocycles. The molecular weight excluding hydrogens is 228 g/mol. The largest absolute Gasteiger partial charge is 0.379 e. The predicted molar refractivity (Wildman–Crippen MR) is 66.1 cm³/mol. The van der Waals surface area contributed by atoms with Gasteiger partial charge in [-0.1, -0.05) is 32.4 Å². The highest BCUT2D eigenvalue weighted by Gasteiger charge is 2.16. The molecule has 0 spiro atoms. The van der Waals surface area contributed by atoms with Crippen molar-refractivity contribution in [3.63, 3.8) is 0 Å². The highest BCUT2D eigenvalue weighted by Crippen LogP contribution is 2.28. The zero-order chi connectivity index (χ0) is 12.3. The molecule has 0 aliphatic rings. The third-order valence-electron chi connectivity index (χ3n) is 1.97. The van der Waals surface area contributed by atoms with Crippen LogP contribution in [0.3, 0.4) is 0 Å². The van der Waals surface area contributed by atoms with E-state index in [1.807, 2.05) is 0 Å². The second kappa shape index (κ2) is 4.70. The van der Waals surface area contributed by atoms with Gasteiger partial charge in [0.25, 0.3) is 5.69 Å². The molecule has 1 aromatic carbocycles. The minimum Gasteiger partial charge on any atom is -0.379 e. The maximum absolute atomic E-state index is 10.8. The van der Waals surface area contributed by atoms with E-state index in [1.54, 1.807) is 12.1 Å². The third kappa shape index (κ3) is 3.70. The van der Waals surface area contributed by atoms with Crippen LogP contribution in [0.5, 0.6) is 0 Å². The minimum atomic E-state index is -0.434. The summed E-state index contributed by atoms with van der Waals surface area (Å²) in [6, 6.07) is 4.62. The summed E-state index contributed by atoms with van der Waals surface area (Å²) in [6.07, 6.45) is 0. The van der Waals surface area contributed by atoms with Gasteiger partial charge in [-0.2, -0.15) is 0 Å². The van der Waals surface area contributed by atoms with Gasteiger partial charge in [-0.05, 0) is 17.5 Å². The van der Waals surface area contributed by atoms with Crippen molar-refractivity contribution in [2.24, 2.45) is 5.41 Å². The van der Waals surface area contributed by atoms with Gasteiger partial charge < -0.3 is 5.32 Å². The van der Waals surface area contributed by atoms with Gasteiger partial charge in [0.05, 0.1) is 4.92 Å². The van der Waals surface area contributed by atoms with Crippen molar-refractivity contribution in [3.05, 3.63) is 33.3 Å². The van der Waals surface area contributed by atoms with Crippen molar-refractivity contribution in [3.8, 4) is 0 Å². The Morgan fingerprint density at radius 1 is 1.44 bits per heavy atom. The Hall–Kier alpha value is -1.29. The Balaban J connectivity index is 2.91. The van der Waals surface area contributed by atoms with Gasteiger partial charge in [0.15, 0.2) is 0 Å². The lowest BCUT2D eigenvalue weighted by Crippen LogP contribution is -2.19. The van der Waals surface area contributed by atoms with Gasteiger partial charge >= 0.3 is 0 Å². The van der Waals surface area contributed by atoms with E-state index in [9.17, 15) is 10.1 Å².